The molecule has 178 valence electrons. The Balaban J connectivity index is 1.84. The zero-order chi connectivity index (χ0) is 24.3. The van der Waals surface area contributed by atoms with Gasteiger partial charge in [-0.25, -0.2) is 18.0 Å². The Labute approximate surface area is 195 Å². The van der Waals surface area contributed by atoms with Crippen LogP contribution in [0.3, 0.4) is 0 Å². The van der Waals surface area contributed by atoms with Crippen LogP contribution in [0.25, 0.3) is 0 Å². The number of hydrogen-bond acceptors (Lipinski definition) is 10. The summed E-state index contributed by atoms with van der Waals surface area (Å²) in [5, 5.41) is 0.0118. The van der Waals surface area contributed by atoms with E-state index in [1.54, 1.807) is 12.1 Å². The van der Waals surface area contributed by atoms with Gasteiger partial charge in [-0.15, -0.1) is 11.3 Å². The highest BCUT2D eigenvalue weighted by molar-refractivity contribution is 7.89. The Hall–Kier alpha value is -2.96. The van der Waals surface area contributed by atoms with Gasteiger partial charge in [0.1, 0.15) is 28.1 Å². The predicted molar refractivity (Wildman–Crippen MR) is 119 cm³/mol. The van der Waals surface area contributed by atoms with Crippen molar-refractivity contribution in [3.8, 4) is 0 Å². The van der Waals surface area contributed by atoms with Crippen LogP contribution < -0.4 is 5.73 Å². The molecule has 1 atom stereocenters. The summed E-state index contributed by atoms with van der Waals surface area (Å²) in [6.45, 7) is 1.54. The Bertz CT molecular complexity index is 1170. The average Bonchev–Trinajstić information content (AvgIpc) is 3.42. The summed E-state index contributed by atoms with van der Waals surface area (Å²) in [6.07, 6.45) is 0.764. The van der Waals surface area contributed by atoms with Crippen molar-refractivity contribution in [2.75, 3.05) is 26.5 Å². The SMILES string of the molecule is COC(=O)c1sc(N)c(C(=O)OC)c1COC(=O)[C@@H]1CCCN1S(=O)(=O)c1ccc(C)cc1. The van der Waals surface area contributed by atoms with Gasteiger partial charge in [-0.2, -0.15) is 4.31 Å². The molecule has 0 spiro atoms. The maximum Gasteiger partial charge on any atom is 0.348 e. The van der Waals surface area contributed by atoms with Gasteiger partial charge in [0.05, 0.1) is 19.1 Å². The van der Waals surface area contributed by atoms with E-state index >= 15 is 0 Å². The molecular weight excluding hydrogens is 472 g/mol. The van der Waals surface area contributed by atoms with E-state index in [-0.39, 0.29) is 38.9 Å². The molecule has 2 aromatic rings. The number of methoxy groups -OCH3 is 2. The van der Waals surface area contributed by atoms with Crippen LogP contribution in [0.1, 0.15) is 44.0 Å². The van der Waals surface area contributed by atoms with E-state index in [1.807, 2.05) is 6.92 Å². The smallest absolute Gasteiger partial charge is 0.348 e. The van der Waals surface area contributed by atoms with E-state index < -0.39 is 40.6 Å². The van der Waals surface area contributed by atoms with Crippen molar-refractivity contribution >= 4 is 44.3 Å². The average molecular weight is 497 g/mol. The Morgan fingerprint density at radius 1 is 1.12 bits per heavy atom. The number of sulfonamides is 1. The lowest BCUT2D eigenvalue weighted by Gasteiger charge is -2.23. The van der Waals surface area contributed by atoms with Crippen LogP contribution >= 0.6 is 11.3 Å². The van der Waals surface area contributed by atoms with Gasteiger partial charge in [-0.05, 0) is 31.9 Å². The van der Waals surface area contributed by atoms with E-state index in [1.165, 1.54) is 12.1 Å². The molecule has 1 aromatic carbocycles. The summed E-state index contributed by atoms with van der Waals surface area (Å²) >= 11 is 0.809. The topological polar surface area (TPSA) is 142 Å². The lowest BCUT2D eigenvalue weighted by Crippen LogP contribution is -2.41. The van der Waals surface area contributed by atoms with Crippen LogP contribution in [0.15, 0.2) is 29.2 Å². The highest BCUT2D eigenvalue weighted by Crippen LogP contribution is 2.34. The van der Waals surface area contributed by atoms with Gasteiger partial charge >= 0.3 is 17.9 Å². The first-order valence-corrected chi connectivity index (χ1v) is 12.2. The quantitative estimate of drug-likeness (QED) is 0.450. The van der Waals surface area contributed by atoms with E-state index in [4.69, 9.17) is 19.9 Å². The molecule has 2 N–H and O–H groups in total. The number of benzene rings is 1. The largest absolute Gasteiger partial charge is 0.465 e. The maximum absolute atomic E-state index is 13.1. The number of nitrogen functional groups attached to an aromatic ring is 1. The predicted octanol–water partition coefficient (Wildman–Crippen LogP) is 2.11. The summed E-state index contributed by atoms with van der Waals surface area (Å²) in [4.78, 5) is 37.3. The number of nitrogens with two attached hydrogens (primary N) is 1. The fraction of sp³-hybridized carbons (Fsp3) is 0.381. The van der Waals surface area contributed by atoms with Crippen LogP contribution in [-0.4, -0.2) is 57.4 Å². The minimum absolute atomic E-state index is 0.00115. The van der Waals surface area contributed by atoms with Gasteiger partial charge in [0.2, 0.25) is 10.0 Å². The van der Waals surface area contributed by atoms with Crippen molar-refractivity contribution < 1.29 is 37.0 Å². The van der Waals surface area contributed by atoms with Crippen molar-refractivity contribution in [1.82, 2.24) is 4.31 Å². The molecule has 0 radical (unpaired) electrons. The first kappa shape index (κ1) is 24.7. The van der Waals surface area contributed by atoms with Crippen LogP contribution in [0, 0.1) is 6.92 Å². The summed E-state index contributed by atoms with van der Waals surface area (Å²) in [6, 6.07) is 5.31. The summed E-state index contributed by atoms with van der Waals surface area (Å²) in [5.41, 5.74) is 6.74. The zero-order valence-corrected chi connectivity index (χ0v) is 20.0. The molecule has 1 aliphatic heterocycles. The Morgan fingerprint density at radius 2 is 1.76 bits per heavy atom. The number of ether oxygens (including phenoxy) is 3. The number of carbonyl (C=O) groups excluding carboxylic acids is 3. The molecular formula is C21H24N2O8S2. The van der Waals surface area contributed by atoms with Crippen LogP contribution in [0.2, 0.25) is 0 Å². The fourth-order valence-corrected chi connectivity index (χ4v) is 6.18. The van der Waals surface area contributed by atoms with Gasteiger partial charge in [-0.1, -0.05) is 17.7 Å². The van der Waals surface area contributed by atoms with Gasteiger partial charge in [0.25, 0.3) is 0 Å². The minimum atomic E-state index is -3.91. The highest BCUT2D eigenvalue weighted by Gasteiger charge is 2.40. The molecule has 0 unspecified atom stereocenters. The number of carbonyl (C=O) groups is 3. The first-order valence-electron chi connectivity index (χ1n) is 9.94. The molecule has 1 saturated heterocycles. The van der Waals surface area contributed by atoms with Gasteiger partial charge in [0, 0.05) is 12.1 Å². The number of rotatable bonds is 7. The normalized spacial score (nSPS) is 16.4. The zero-order valence-electron chi connectivity index (χ0n) is 18.3. The minimum Gasteiger partial charge on any atom is -0.465 e. The van der Waals surface area contributed by atoms with Crippen LogP contribution in [-0.2, 0) is 35.6 Å². The number of thiophene rings is 1. The molecule has 1 aromatic heterocycles. The third-order valence-corrected chi connectivity index (χ3v) is 8.22. The second-order valence-corrected chi connectivity index (χ2v) is 10.3. The third kappa shape index (κ3) is 4.87. The monoisotopic (exact) mass is 496 g/mol. The number of anilines is 1. The van der Waals surface area contributed by atoms with Gasteiger partial charge in [-0.3, -0.25) is 4.79 Å². The summed E-state index contributed by atoms with van der Waals surface area (Å²) in [7, 11) is -1.60. The molecule has 0 amide bonds. The lowest BCUT2D eigenvalue weighted by molar-refractivity contribution is -0.148. The Kier molecular flexibility index (Phi) is 7.40. The van der Waals surface area contributed by atoms with Gasteiger partial charge < -0.3 is 19.9 Å². The van der Waals surface area contributed by atoms with Crippen molar-refractivity contribution in [2.45, 2.75) is 37.3 Å². The number of nitrogens with zero attached hydrogens (tertiary/aromatic N) is 1. The number of hydrogen-bond donors (Lipinski definition) is 1. The third-order valence-electron chi connectivity index (χ3n) is 5.26. The second-order valence-electron chi connectivity index (χ2n) is 7.33. The van der Waals surface area contributed by atoms with E-state index in [0.717, 1.165) is 35.4 Å². The molecule has 0 bridgehead atoms. The molecule has 0 saturated carbocycles. The van der Waals surface area contributed by atoms with Crippen molar-refractivity contribution in [1.29, 1.82) is 0 Å². The molecule has 1 aliphatic rings. The van der Waals surface area contributed by atoms with E-state index in [9.17, 15) is 22.8 Å². The molecule has 3 rings (SSSR count). The van der Waals surface area contributed by atoms with Crippen molar-refractivity contribution in [2.24, 2.45) is 0 Å². The molecule has 33 heavy (non-hydrogen) atoms. The molecule has 12 heteroatoms. The highest BCUT2D eigenvalue weighted by atomic mass is 32.2. The first-order chi connectivity index (χ1) is 15.6. The van der Waals surface area contributed by atoms with Crippen molar-refractivity contribution in [3.05, 3.63) is 45.8 Å². The van der Waals surface area contributed by atoms with Crippen molar-refractivity contribution in [3.63, 3.8) is 0 Å². The Morgan fingerprint density at radius 3 is 2.36 bits per heavy atom. The molecule has 0 aliphatic carbocycles. The van der Waals surface area contributed by atoms with Crippen LogP contribution in [0.4, 0.5) is 5.00 Å². The molecule has 2 heterocycles. The standard InChI is InChI=1S/C21H24N2O8S2/c1-12-6-8-13(9-7-12)33(27,28)23-10-4-5-15(23)19(24)31-11-14-16(20(25)29-2)18(22)32-17(14)21(26)30-3/h6-9,15H,4-5,10-11,22H2,1-3H3/t15-/m0/s1. The molecule has 1 fully saturated rings. The fourth-order valence-electron chi connectivity index (χ4n) is 3.55. The van der Waals surface area contributed by atoms with Gasteiger partial charge in [0.15, 0.2) is 0 Å². The molecule has 10 nitrogen and oxygen atoms in total. The lowest BCUT2D eigenvalue weighted by atomic mass is 10.1. The summed E-state index contributed by atoms with van der Waals surface area (Å²) < 4.78 is 42.1. The number of aryl methyl sites for hydroxylation is 1. The summed E-state index contributed by atoms with van der Waals surface area (Å²) in [5.74, 6) is -2.34. The van der Waals surface area contributed by atoms with E-state index in [0.29, 0.717) is 6.42 Å². The van der Waals surface area contributed by atoms with E-state index in [2.05, 4.69) is 0 Å². The maximum atomic E-state index is 13.1. The second kappa shape index (κ2) is 9.89. The van der Waals surface area contributed by atoms with Crippen LogP contribution in [0.5, 0.6) is 0 Å². The number of esters is 3.